The molecule has 6 heteroatoms. The predicted octanol–water partition coefficient (Wildman–Crippen LogP) is 3.66. The van der Waals surface area contributed by atoms with Gasteiger partial charge in [-0.2, -0.15) is 0 Å². The summed E-state index contributed by atoms with van der Waals surface area (Å²) in [5.41, 5.74) is 1.72. The minimum atomic E-state index is -0.152. The maximum Gasteiger partial charge on any atom is 0.257 e. The molecule has 20 heavy (non-hydrogen) atoms. The van der Waals surface area contributed by atoms with Crippen LogP contribution >= 0.6 is 27.3 Å². The highest BCUT2D eigenvalue weighted by molar-refractivity contribution is 9.10. The van der Waals surface area contributed by atoms with Crippen LogP contribution in [0.1, 0.15) is 27.3 Å². The van der Waals surface area contributed by atoms with Gasteiger partial charge < -0.3 is 4.74 Å². The summed E-state index contributed by atoms with van der Waals surface area (Å²) in [5.74, 6) is 0.551. The Balaban J connectivity index is 1.77. The Hall–Kier alpha value is -1.40. The minimum Gasteiger partial charge on any atom is -0.496 e. The van der Waals surface area contributed by atoms with Gasteiger partial charge in [-0.15, -0.1) is 11.3 Å². The molecule has 0 spiro atoms. The van der Waals surface area contributed by atoms with Crippen LogP contribution < -0.4 is 10.1 Å². The molecule has 1 N–H and O–H groups in total. The Morgan fingerprint density at radius 2 is 2.30 bits per heavy atom. The fraction of sp³-hybridized carbons (Fsp3) is 0.286. The number of benzene rings is 1. The van der Waals surface area contributed by atoms with Crippen LogP contribution in [0.25, 0.3) is 0 Å². The third-order valence-corrected chi connectivity index (χ3v) is 4.92. The molecule has 0 radical (unpaired) electrons. The molecule has 104 valence electrons. The number of hydrogen-bond acceptors (Lipinski definition) is 4. The zero-order valence-electron chi connectivity index (χ0n) is 10.9. The van der Waals surface area contributed by atoms with E-state index >= 15 is 0 Å². The number of aryl methyl sites for hydroxylation is 2. The molecule has 0 atom stereocenters. The third kappa shape index (κ3) is 2.58. The Bertz CT molecular complexity index is 648. The SMILES string of the molecule is COc1ccc(C(=O)Nc2nc3c(s2)CCC3)cc1Br. The number of nitrogens with zero attached hydrogens (tertiary/aromatic N) is 1. The fourth-order valence-corrected chi connectivity index (χ4v) is 3.81. The van der Waals surface area contributed by atoms with Crippen LogP contribution in [0.3, 0.4) is 0 Å². The number of methoxy groups -OCH3 is 1. The highest BCUT2D eigenvalue weighted by atomic mass is 79.9. The number of ether oxygens (including phenoxy) is 1. The van der Waals surface area contributed by atoms with E-state index in [2.05, 4.69) is 26.2 Å². The van der Waals surface area contributed by atoms with Crippen molar-refractivity contribution in [3.8, 4) is 5.75 Å². The summed E-state index contributed by atoms with van der Waals surface area (Å²) in [6.07, 6.45) is 3.28. The smallest absolute Gasteiger partial charge is 0.257 e. The second kappa shape index (κ2) is 5.54. The van der Waals surface area contributed by atoms with E-state index in [1.807, 2.05) is 0 Å². The molecule has 1 heterocycles. The summed E-state index contributed by atoms with van der Waals surface area (Å²) >= 11 is 4.96. The average Bonchev–Trinajstić information content (AvgIpc) is 2.99. The van der Waals surface area contributed by atoms with Crippen molar-refractivity contribution in [2.24, 2.45) is 0 Å². The molecule has 0 saturated heterocycles. The van der Waals surface area contributed by atoms with E-state index < -0.39 is 0 Å². The van der Waals surface area contributed by atoms with E-state index in [0.29, 0.717) is 16.4 Å². The van der Waals surface area contributed by atoms with Crippen molar-refractivity contribution >= 4 is 38.3 Å². The number of amides is 1. The Kier molecular flexibility index (Phi) is 3.76. The number of fused-ring (bicyclic) bond motifs is 1. The summed E-state index contributed by atoms with van der Waals surface area (Å²) in [6.45, 7) is 0. The number of aromatic nitrogens is 1. The zero-order valence-corrected chi connectivity index (χ0v) is 13.3. The van der Waals surface area contributed by atoms with Crippen molar-refractivity contribution in [3.05, 3.63) is 38.8 Å². The van der Waals surface area contributed by atoms with Gasteiger partial charge in [0.05, 0.1) is 17.3 Å². The molecule has 4 nitrogen and oxygen atoms in total. The number of halogens is 1. The molecule has 0 fully saturated rings. The van der Waals surface area contributed by atoms with Gasteiger partial charge in [-0.1, -0.05) is 0 Å². The van der Waals surface area contributed by atoms with Gasteiger partial charge in [0.2, 0.25) is 0 Å². The third-order valence-electron chi connectivity index (χ3n) is 3.23. The summed E-state index contributed by atoms with van der Waals surface area (Å²) in [4.78, 5) is 18.0. The first kappa shape index (κ1) is 13.6. The Morgan fingerprint density at radius 1 is 1.45 bits per heavy atom. The quantitative estimate of drug-likeness (QED) is 0.916. The predicted molar refractivity (Wildman–Crippen MR) is 82.8 cm³/mol. The van der Waals surface area contributed by atoms with Gasteiger partial charge in [0.25, 0.3) is 5.91 Å². The number of carbonyl (C=O) groups excluding carboxylic acids is 1. The summed E-state index contributed by atoms with van der Waals surface area (Å²) in [7, 11) is 1.59. The lowest BCUT2D eigenvalue weighted by atomic mass is 10.2. The van der Waals surface area contributed by atoms with Crippen LogP contribution in [0.5, 0.6) is 5.75 Å². The van der Waals surface area contributed by atoms with Crippen molar-refractivity contribution in [2.45, 2.75) is 19.3 Å². The number of nitrogens with one attached hydrogen (secondary N) is 1. The highest BCUT2D eigenvalue weighted by Gasteiger charge is 2.18. The molecule has 1 aromatic heterocycles. The molecule has 3 rings (SSSR count). The molecule has 0 saturated carbocycles. The highest BCUT2D eigenvalue weighted by Crippen LogP contribution is 2.31. The van der Waals surface area contributed by atoms with Crippen LogP contribution in [0.2, 0.25) is 0 Å². The molecule has 0 bridgehead atoms. The average molecular weight is 353 g/mol. The number of carbonyl (C=O) groups is 1. The van der Waals surface area contributed by atoms with Gasteiger partial charge in [-0.3, -0.25) is 10.1 Å². The second-order valence-electron chi connectivity index (χ2n) is 4.55. The first-order valence-electron chi connectivity index (χ1n) is 6.31. The molecular weight excluding hydrogens is 340 g/mol. The number of rotatable bonds is 3. The zero-order chi connectivity index (χ0) is 14.1. The van der Waals surface area contributed by atoms with Crippen molar-refractivity contribution in [1.82, 2.24) is 4.98 Å². The Morgan fingerprint density at radius 3 is 3.00 bits per heavy atom. The molecule has 1 amide bonds. The van der Waals surface area contributed by atoms with Crippen molar-refractivity contribution < 1.29 is 9.53 Å². The van der Waals surface area contributed by atoms with E-state index in [1.54, 1.807) is 36.6 Å². The summed E-state index contributed by atoms with van der Waals surface area (Å²) in [5, 5.41) is 3.55. The van der Waals surface area contributed by atoms with Crippen LogP contribution in [0.4, 0.5) is 5.13 Å². The summed E-state index contributed by atoms with van der Waals surface area (Å²) < 4.78 is 5.91. The van der Waals surface area contributed by atoms with Crippen molar-refractivity contribution in [1.29, 1.82) is 0 Å². The number of hydrogen-bond donors (Lipinski definition) is 1. The first-order valence-corrected chi connectivity index (χ1v) is 7.92. The molecular formula is C14H13BrN2O2S. The molecule has 2 aromatic rings. The lowest BCUT2D eigenvalue weighted by Gasteiger charge is -2.06. The first-order chi connectivity index (χ1) is 9.67. The van der Waals surface area contributed by atoms with E-state index in [9.17, 15) is 4.79 Å². The lowest BCUT2D eigenvalue weighted by Crippen LogP contribution is -2.11. The van der Waals surface area contributed by atoms with E-state index in [-0.39, 0.29) is 5.91 Å². The van der Waals surface area contributed by atoms with Gasteiger partial charge in [-0.25, -0.2) is 4.98 Å². The van der Waals surface area contributed by atoms with Gasteiger partial charge in [0.15, 0.2) is 5.13 Å². The van der Waals surface area contributed by atoms with E-state index in [4.69, 9.17) is 4.74 Å². The molecule has 1 aliphatic rings. The maximum absolute atomic E-state index is 12.2. The second-order valence-corrected chi connectivity index (χ2v) is 6.48. The van der Waals surface area contributed by atoms with E-state index in [0.717, 1.165) is 23.0 Å². The summed E-state index contributed by atoms with van der Waals surface area (Å²) in [6, 6.07) is 5.25. The lowest BCUT2D eigenvalue weighted by molar-refractivity contribution is 0.102. The number of anilines is 1. The monoisotopic (exact) mass is 352 g/mol. The van der Waals surface area contributed by atoms with Gasteiger partial charge in [0, 0.05) is 10.4 Å². The molecule has 1 aromatic carbocycles. The largest absolute Gasteiger partial charge is 0.496 e. The fourth-order valence-electron chi connectivity index (χ4n) is 2.22. The van der Waals surface area contributed by atoms with Crippen molar-refractivity contribution in [2.75, 3.05) is 12.4 Å². The topological polar surface area (TPSA) is 51.2 Å². The Labute approximate surface area is 129 Å². The van der Waals surface area contributed by atoms with E-state index in [1.165, 1.54) is 11.3 Å². The van der Waals surface area contributed by atoms with Crippen LogP contribution in [-0.2, 0) is 12.8 Å². The van der Waals surface area contributed by atoms with Crippen LogP contribution in [0, 0.1) is 0 Å². The van der Waals surface area contributed by atoms with Gasteiger partial charge in [0.1, 0.15) is 5.75 Å². The molecule has 0 aliphatic heterocycles. The molecule has 1 aliphatic carbocycles. The van der Waals surface area contributed by atoms with Gasteiger partial charge in [-0.05, 0) is 53.4 Å². The normalized spacial score (nSPS) is 13.1. The minimum absolute atomic E-state index is 0.152. The van der Waals surface area contributed by atoms with Gasteiger partial charge >= 0.3 is 0 Å². The van der Waals surface area contributed by atoms with Crippen LogP contribution in [0.15, 0.2) is 22.7 Å². The maximum atomic E-state index is 12.2. The van der Waals surface area contributed by atoms with Crippen LogP contribution in [-0.4, -0.2) is 18.0 Å². The molecule has 0 unspecified atom stereocenters. The number of thiazole rings is 1. The van der Waals surface area contributed by atoms with Crippen molar-refractivity contribution in [3.63, 3.8) is 0 Å². The standard InChI is InChI=1S/C14H13BrN2O2S/c1-19-11-6-5-8(7-9(11)15)13(18)17-14-16-10-3-2-4-12(10)20-14/h5-7H,2-4H2,1H3,(H,16,17,18).